The molecular weight excluding hydrogens is 469 g/mol. The van der Waals surface area contributed by atoms with Crippen LogP contribution in [0.3, 0.4) is 0 Å². The van der Waals surface area contributed by atoms with E-state index in [1.165, 1.54) is 46.8 Å². The van der Waals surface area contributed by atoms with E-state index in [2.05, 4.69) is 5.32 Å². The van der Waals surface area contributed by atoms with Crippen molar-refractivity contribution in [3.05, 3.63) is 53.1 Å². The predicted octanol–water partition coefficient (Wildman–Crippen LogP) is 5.10. The number of amides is 1. The maximum absolute atomic E-state index is 13.1. The van der Waals surface area contributed by atoms with Crippen LogP contribution in [0.5, 0.6) is 5.75 Å². The minimum Gasteiger partial charge on any atom is -0.482 e. The van der Waals surface area contributed by atoms with Gasteiger partial charge in [0.1, 0.15) is 10.6 Å². The van der Waals surface area contributed by atoms with E-state index in [1.54, 1.807) is 0 Å². The Balaban J connectivity index is 1.83. The lowest BCUT2D eigenvalue weighted by atomic mass is 10.2. The number of ether oxygens (including phenoxy) is 1. The topological polar surface area (TPSA) is 75.7 Å². The van der Waals surface area contributed by atoms with Crippen molar-refractivity contribution in [2.75, 3.05) is 25.0 Å². The van der Waals surface area contributed by atoms with Crippen molar-refractivity contribution in [2.45, 2.75) is 36.8 Å². The highest BCUT2D eigenvalue weighted by atomic mass is 35.5. The van der Waals surface area contributed by atoms with Crippen molar-refractivity contribution in [2.24, 2.45) is 0 Å². The molecule has 0 bridgehead atoms. The van der Waals surface area contributed by atoms with Gasteiger partial charge in [-0.1, -0.05) is 36.6 Å². The maximum atomic E-state index is 13.1. The number of sulfonamides is 1. The largest absolute Gasteiger partial charge is 0.482 e. The zero-order valence-corrected chi connectivity index (χ0v) is 18.6. The van der Waals surface area contributed by atoms with Gasteiger partial charge in [0.2, 0.25) is 10.0 Å². The summed E-state index contributed by atoms with van der Waals surface area (Å²) in [5.74, 6) is -0.874. The summed E-state index contributed by atoms with van der Waals surface area (Å²) in [6, 6.07) is 9.50. The molecule has 32 heavy (non-hydrogen) atoms. The summed E-state index contributed by atoms with van der Waals surface area (Å²) in [5, 5.41) is 2.45. The van der Waals surface area contributed by atoms with Crippen LogP contribution in [0.4, 0.5) is 18.9 Å². The van der Waals surface area contributed by atoms with Crippen LogP contribution in [-0.4, -0.2) is 44.5 Å². The first kappa shape index (κ1) is 24.3. The van der Waals surface area contributed by atoms with Crippen molar-refractivity contribution in [3.8, 4) is 5.75 Å². The minimum atomic E-state index is -4.54. The third-order valence-corrected chi connectivity index (χ3v) is 7.28. The molecular formula is C21H22ClF3N2O4S. The molecule has 0 spiro atoms. The van der Waals surface area contributed by atoms with Crippen LogP contribution in [0.15, 0.2) is 47.4 Å². The molecule has 174 valence electrons. The van der Waals surface area contributed by atoms with E-state index >= 15 is 0 Å². The van der Waals surface area contributed by atoms with Gasteiger partial charge in [0.15, 0.2) is 6.61 Å². The number of nitrogens with one attached hydrogen (secondary N) is 1. The molecule has 3 rings (SSSR count). The first-order chi connectivity index (χ1) is 15.1. The summed E-state index contributed by atoms with van der Waals surface area (Å²) in [5.41, 5.74) is 0.0158. The second kappa shape index (κ2) is 10.1. The molecule has 2 aromatic rings. The highest BCUT2D eigenvalue weighted by molar-refractivity contribution is 7.89. The summed E-state index contributed by atoms with van der Waals surface area (Å²) in [6.45, 7) is -0.767. The van der Waals surface area contributed by atoms with E-state index in [0.29, 0.717) is 13.1 Å². The van der Waals surface area contributed by atoms with Gasteiger partial charge in [0.05, 0.1) is 10.7 Å². The molecule has 1 amide bonds. The summed E-state index contributed by atoms with van der Waals surface area (Å²) in [4.78, 5) is 12.6. The predicted molar refractivity (Wildman–Crippen MR) is 115 cm³/mol. The van der Waals surface area contributed by atoms with Gasteiger partial charge in [-0.05, 0) is 43.2 Å². The molecule has 0 saturated carbocycles. The fourth-order valence-corrected chi connectivity index (χ4v) is 5.33. The van der Waals surface area contributed by atoms with E-state index in [1.807, 2.05) is 0 Å². The van der Waals surface area contributed by atoms with E-state index in [-0.39, 0.29) is 26.9 Å². The molecule has 0 radical (unpaired) electrons. The summed E-state index contributed by atoms with van der Waals surface area (Å²) in [6.07, 6.45) is -1.17. The Morgan fingerprint density at radius 3 is 2.38 bits per heavy atom. The van der Waals surface area contributed by atoms with Gasteiger partial charge < -0.3 is 10.1 Å². The highest BCUT2D eigenvalue weighted by Crippen LogP contribution is 2.30. The second-order valence-electron chi connectivity index (χ2n) is 7.32. The van der Waals surface area contributed by atoms with Crippen LogP contribution in [0, 0.1) is 0 Å². The molecule has 1 N–H and O–H groups in total. The van der Waals surface area contributed by atoms with Crippen LogP contribution in [0.2, 0.25) is 5.02 Å². The lowest BCUT2D eigenvalue weighted by Gasteiger charge is -2.21. The lowest BCUT2D eigenvalue weighted by molar-refractivity contribution is -0.153. The monoisotopic (exact) mass is 490 g/mol. The van der Waals surface area contributed by atoms with E-state index < -0.39 is 28.7 Å². The molecule has 0 atom stereocenters. The number of halogens is 4. The SMILES string of the molecule is O=C(Nc1ccccc1OCC(F)(F)F)c1ccc(Cl)c(S(=O)(=O)N2CCCCCC2)c1. The number of carbonyl (C=O) groups is 1. The number of nitrogens with zero attached hydrogens (tertiary/aromatic N) is 1. The number of alkyl halides is 3. The van der Waals surface area contributed by atoms with Crippen molar-refractivity contribution in [1.82, 2.24) is 4.31 Å². The van der Waals surface area contributed by atoms with Gasteiger partial charge in [-0.2, -0.15) is 17.5 Å². The van der Waals surface area contributed by atoms with Gasteiger partial charge >= 0.3 is 6.18 Å². The number of anilines is 1. The molecule has 2 aromatic carbocycles. The minimum absolute atomic E-state index is 0.00609. The zero-order chi connectivity index (χ0) is 23.4. The molecule has 1 aliphatic rings. The molecule has 1 saturated heterocycles. The Morgan fingerprint density at radius 2 is 1.72 bits per heavy atom. The first-order valence-corrected chi connectivity index (χ1v) is 11.8. The van der Waals surface area contributed by atoms with Gasteiger partial charge in [0.25, 0.3) is 5.91 Å². The molecule has 0 aromatic heterocycles. The van der Waals surface area contributed by atoms with Gasteiger partial charge in [-0.15, -0.1) is 0 Å². The van der Waals surface area contributed by atoms with Crippen LogP contribution in [0.1, 0.15) is 36.0 Å². The van der Waals surface area contributed by atoms with Crippen molar-refractivity contribution in [3.63, 3.8) is 0 Å². The molecule has 6 nitrogen and oxygen atoms in total. The smallest absolute Gasteiger partial charge is 0.422 e. The first-order valence-electron chi connectivity index (χ1n) is 9.97. The summed E-state index contributed by atoms with van der Waals surface area (Å²) in [7, 11) is -3.91. The zero-order valence-electron chi connectivity index (χ0n) is 17.0. The number of rotatable bonds is 6. The summed E-state index contributed by atoms with van der Waals surface area (Å²) >= 11 is 6.15. The Labute approximate surface area is 189 Å². The molecule has 0 aliphatic carbocycles. The number of hydrogen-bond acceptors (Lipinski definition) is 4. The van der Waals surface area contributed by atoms with Crippen LogP contribution >= 0.6 is 11.6 Å². The summed E-state index contributed by atoms with van der Waals surface area (Å²) < 4.78 is 69.8. The lowest BCUT2D eigenvalue weighted by Crippen LogP contribution is -2.32. The van der Waals surface area contributed by atoms with Crippen molar-refractivity contribution in [1.29, 1.82) is 0 Å². The standard InChI is InChI=1S/C21H22ClF3N2O4S/c22-16-10-9-15(13-19(16)32(29,30)27-11-5-1-2-6-12-27)20(28)26-17-7-3-4-8-18(17)31-14-21(23,24)25/h3-4,7-10,13H,1-2,5-6,11-12,14H2,(H,26,28). The number of para-hydroxylation sites is 2. The van der Waals surface area contributed by atoms with Gasteiger partial charge in [-0.3, -0.25) is 4.79 Å². The average molecular weight is 491 g/mol. The third-order valence-electron chi connectivity index (χ3n) is 4.90. The van der Waals surface area contributed by atoms with Crippen LogP contribution < -0.4 is 10.1 Å². The number of hydrogen-bond donors (Lipinski definition) is 1. The fourth-order valence-electron chi connectivity index (χ4n) is 3.31. The Morgan fingerprint density at radius 1 is 1.06 bits per heavy atom. The highest BCUT2D eigenvalue weighted by Gasteiger charge is 2.30. The molecule has 1 heterocycles. The number of carbonyl (C=O) groups excluding carboxylic acids is 1. The molecule has 11 heteroatoms. The molecule has 1 fully saturated rings. The van der Waals surface area contributed by atoms with Crippen LogP contribution in [-0.2, 0) is 10.0 Å². The average Bonchev–Trinajstić information content (AvgIpc) is 3.03. The van der Waals surface area contributed by atoms with Gasteiger partial charge in [0, 0.05) is 18.7 Å². The van der Waals surface area contributed by atoms with Crippen molar-refractivity contribution >= 4 is 33.2 Å². The molecule has 1 aliphatic heterocycles. The fraction of sp³-hybridized carbons (Fsp3) is 0.381. The molecule has 0 unspecified atom stereocenters. The quantitative estimate of drug-likeness (QED) is 0.611. The van der Waals surface area contributed by atoms with E-state index in [0.717, 1.165) is 25.7 Å². The van der Waals surface area contributed by atoms with Crippen LogP contribution in [0.25, 0.3) is 0 Å². The van der Waals surface area contributed by atoms with Crippen molar-refractivity contribution < 1.29 is 31.1 Å². The number of benzene rings is 2. The third kappa shape index (κ3) is 6.14. The van der Waals surface area contributed by atoms with Gasteiger partial charge in [-0.25, -0.2) is 8.42 Å². The van der Waals surface area contributed by atoms with E-state index in [4.69, 9.17) is 16.3 Å². The maximum Gasteiger partial charge on any atom is 0.422 e. The Kier molecular flexibility index (Phi) is 7.68. The van der Waals surface area contributed by atoms with E-state index in [9.17, 15) is 26.4 Å². The Bertz CT molecular complexity index is 1070. The Hall–Kier alpha value is -2.30. The second-order valence-corrected chi connectivity index (χ2v) is 9.63. The normalized spacial score (nSPS) is 15.8.